The third-order valence-corrected chi connectivity index (χ3v) is 2.96. The highest BCUT2D eigenvalue weighted by Gasteiger charge is 2.17. The molecule has 0 unspecified atom stereocenters. The van der Waals surface area contributed by atoms with Gasteiger partial charge in [0, 0.05) is 6.07 Å². The smallest absolute Gasteiger partial charge is 0.406 e. The first kappa shape index (κ1) is 17.0. The van der Waals surface area contributed by atoms with Crippen LogP contribution in [0.25, 0.3) is 0 Å². The molecule has 1 N–H and O–H groups in total. The number of carbonyl (C=O) groups is 1. The Balaban J connectivity index is 2.06. The third-order valence-electron chi connectivity index (χ3n) is 2.96. The average molecular weight is 333 g/mol. The van der Waals surface area contributed by atoms with E-state index in [9.17, 15) is 14.9 Å². The summed E-state index contributed by atoms with van der Waals surface area (Å²) in [5.74, 6) is -0.0781. The van der Waals surface area contributed by atoms with Crippen molar-refractivity contribution in [3.63, 3.8) is 0 Å². The lowest BCUT2D eigenvalue weighted by molar-refractivity contribution is -0.390. The van der Waals surface area contributed by atoms with Gasteiger partial charge in [0.1, 0.15) is 17.7 Å². The Labute approximate surface area is 137 Å². The summed E-state index contributed by atoms with van der Waals surface area (Å²) in [5.41, 5.74) is 0.395. The van der Waals surface area contributed by atoms with Crippen LogP contribution in [0.15, 0.2) is 36.5 Å². The summed E-state index contributed by atoms with van der Waals surface area (Å²) >= 11 is 0. The van der Waals surface area contributed by atoms with E-state index in [1.54, 1.807) is 18.2 Å². The molecule has 0 fully saturated rings. The van der Waals surface area contributed by atoms with Gasteiger partial charge in [0.2, 0.25) is 5.75 Å². The zero-order valence-corrected chi connectivity index (χ0v) is 13.0. The van der Waals surface area contributed by atoms with Crippen molar-refractivity contribution >= 4 is 17.4 Å². The molecule has 0 saturated heterocycles. The predicted molar refractivity (Wildman–Crippen MR) is 84.6 cm³/mol. The molecule has 0 radical (unpaired) electrons. The van der Waals surface area contributed by atoms with Crippen molar-refractivity contribution in [2.75, 3.05) is 26.1 Å². The van der Waals surface area contributed by atoms with E-state index in [1.807, 2.05) is 0 Å². The normalized spacial score (nSPS) is 9.92. The number of nitro groups is 1. The molecule has 0 bridgehead atoms. The number of benzene rings is 1. The minimum atomic E-state index is -0.682. The summed E-state index contributed by atoms with van der Waals surface area (Å²) in [6, 6.07) is 7.75. The summed E-state index contributed by atoms with van der Waals surface area (Å²) in [4.78, 5) is 25.8. The van der Waals surface area contributed by atoms with E-state index in [4.69, 9.17) is 14.2 Å². The predicted octanol–water partition coefficient (Wildman–Crippen LogP) is 2.02. The lowest BCUT2D eigenvalue weighted by Crippen LogP contribution is -2.21. The van der Waals surface area contributed by atoms with Crippen molar-refractivity contribution in [1.82, 2.24) is 4.98 Å². The van der Waals surface area contributed by atoms with Crippen LogP contribution in [0.1, 0.15) is 0 Å². The molecule has 24 heavy (non-hydrogen) atoms. The zero-order chi connectivity index (χ0) is 17.5. The topological polar surface area (TPSA) is 113 Å². The fourth-order valence-electron chi connectivity index (χ4n) is 1.87. The fourth-order valence-corrected chi connectivity index (χ4v) is 1.87. The van der Waals surface area contributed by atoms with Gasteiger partial charge < -0.3 is 29.6 Å². The van der Waals surface area contributed by atoms with Crippen molar-refractivity contribution in [3.8, 4) is 17.2 Å². The van der Waals surface area contributed by atoms with Crippen LogP contribution in [0, 0.1) is 10.1 Å². The zero-order valence-electron chi connectivity index (χ0n) is 13.0. The molecule has 0 atom stereocenters. The Bertz CT molecular complexity index is 750. The molecule has 0 aliphatic rings. The van der Waals surface area contributed by atoms with Gasteiger partial charge in [0.25, 0.3) is 5.91 Å². The number of nitrogens with zero attached hydrogens (tertiary/aromatic N) is 2. The Kier molecular flexibility index (Phi) is 5.50. The van der Waals surface area contributed by atoms with Gasteiger partial charge in [-0.15, -0.1) is 0 Å². The number of aromatic nitrogens is 1. The molecule has 0 saturated carbocycles. The van der Waals surface area contributed by atoms with Crippen molar-refractivity contribution in [2.45, 2.75) is 0 Å². The Morgan fingerprint density at radius 3 is 2.71 bits per heavy atom. The number of hydrogen-bond donors (Lipinski definition) is 1. The van der Waals surface area contributed by atoms with E-state index in [0.29, 0.717) is 17.2 Å². The second-order valence-electron chi connectivity index (χ2n) is 4.49. The van der Waals surface area contributed by atoms with Gasteiger partial charge in [-0.25, -0.2) is 0 Å². The maximum atomic E-state index is 12.0. The summed E-state index contributed by atoms with van der Waals surface area (Å²) in [6.45, 7) is -0.424. The van der Waals surface area contributed by atoms with E-state index in [1.165, 1.54) is 32.5 Å². The van der Waals surface area contributed by atoms with E-state index in [2.05, 4.69) is 10.3 Å². The SMILES string of the molecule is COc1ccc(OC)c(NC(=O)COc2cccnc2[N+](=O)[O-])c1. The Morgan fingerprint density at radius 2 is 2.04 bits per heavy atom. The van der Waals surface area contributed by atoms with Gasteiger partial charge >= 0.3 is 5.82 Å². The highest BCUT2D eigenvalue weighted by Crippen LogP contribution is 2.29. The number of hydrogen-bond acceptors (Lipinski definition) is 7. The number of anilines is 1. The number of rotatable bonds is 7. The molecule has 1 aromatic heterocycles. The highest BCUT2D eigenvalue weighted by atomic mass is 16.6. The molecule has 126 valence electrons. The van der Waals surface area contributed by atoms with Crippen LogP contribution in [-0.2, 0) is 4.79 Å². The maximum Gasteiger partial charge on any atom is 0.406 e. The fraction of sp³-hybridized carbons (Fsp3) is 0.200. The van der Waals surface area contributed by atoms with Crippen LogP contribution in [0.4, 0.5) is 11.5 Å². The lowest BCUT2D eigenvalue weighted by atomic mass is 10.2. The van der Waals surface area contributed by atoms with Crippen molar-refractivity contribution in [1.29, 1.82) is 0 Å². The van der Waals surface area contributed by atoms with Gasteiger partial charge in [-0.3, -0.25) is 4.79 Å². The van der Waals surface area contributed by atoms with Crippen LogP contribution in [0.5, 0.6) is 17.2 Å². The number of carbonyl (C=O) groups excluding carboxylic acids is 1. The van der Waals surface area contributed by atoms with Crippen molar-refractivity contribution in [3.05, 3.63) is 46.6 Å². The lowest BCUT2D eigenvalue weighted by Gasteiger charge is -2.12. The van der Waals surface area contributed by atoms with Gasteiger partial charge in [-0.05, 0) is 34.2 Å². The number of ether oxygens (including phenoxy) is 3. The molecule has 0 aliphatic heterocycles. The number of nitrogens with one attached hydrogen (secondary N) is 1. The molecule has 0 aliphatic carbocycles. The van der Waals surface area contributed by atoms with Crippen molar-refractivity contribution < 1.29 is 23.9 Å². The van der Waals surface area contributed by atoms with Crippen LogP contribution >= 0.6 is 0 Å². The largest absolute Gasteiger partial charge is 0.497 e. The molecule has 9 nitrogen and oxygen atoms in total. The average Bonchev–Trinajstić information content (AvgIpc) is 2.60. The van der Waals surface area contributed by atoms with E-state index in [-0.39, 0.29) is 5.75 Å². The summed E-state index contributed by atoms with van der Waals surface area (Å²) in [6.07, 6.45) is 1.27. The first-order valence-electron chi connectivity index (χ1n) is 6.79. The summed E-state index contributed by atoms with van der Waals surface area (Å²) in [7, 11) is 2.96. The first-order valence-corrected chi connectivity index (χ1v) is 6.79. The second-order valence-corrected chi connectivity index (χ2v) is 4.49. The molecule has 1 aromatic carbocycles. The minimum Gasteiger partial charge on any atom is -0.497 e. The molecule has 2 rings (SSSR count). The van der Waals surface area contributed by atoms with Crippen LogP contribution in [-0.4, -0.2) is 36.6 Å². The van der Waals surface area contributed by atoms with E-state index in [0.717, 1.165) is 0 Å². The first-order chi connectivity index (χ1) is 11.5. The van der Waals surface area contributed by atoms with Crippen LogP contribution in [0.2, 0.25) is 0 Å². The van der Waals surface area contributed by atoms with Gasteiger partial charge in [0.15, 0.2) is 6.61 Å². The van der Waals surface area contributed by atoms with Gasteiger partial charge in [-0.1, -0.05) is 0 Å². The van der Waals surface area contributed by atoms with Crippen LogP contribution < -0.4 is 19.5 Å². The molecule has 1 heterocycles. The van der Waals surface area contributed by atoms with E-state index >= 15 is 0 Å². The quantitative estimate of drug-likeness (QED) is 0.609. The summed E-state index contributed by atoms with van der Waals surface area (Å²) in [5, 5.41) is 13.4. The molecule has 9 heteroatoms. The van der Waals surface area contributed by atoms with Gasteiger partial charge in [0.05, 0.1) is 19.9 Å². The Morgan fingerprint density at radius 1 is 1.25 bits per heavy atom. The standard InChI is InChI=1S/C15H15N3O6/c1-22-10-5-6-12(23-2)11(8-10)17-14(19)9-24-13-4-3-7-16-15(13)18(20)21/h3-8H,9H2,1-2H3,(H,17,19). The monoisotopic (exact) mass is 333 g/mol. The molecular weight excluding hydrogens is 318 g/mol. The maximum absolute atomic E-state index is 12.0. The summed E-state index contributed by atoms with van der Waals surface area (Å²) < 4.78 is 15.4. The number of pyridine rings is 1. The molecule has 1 amide bonds. The van der Waals surface area contributed by atoms with Gasteiger partial charge in [-0.2, -0.15) is 0 Å². The Hall–Kier alpha value is -3.36. The van der Waals surface area contributed by atoms with E-state index < -0.39 is 23.3 Å². The molecular formula is C15H15N3O6. The highest BCUT2D eigenvalue weighted by molar-refractivity contribution is 5.93. The third kappa shape index (κ3) is 4.09. The number of amides is 1. The molecule has 0 spiro atoms. The second kappa shape index (κ2) is 7.77. The number of methoxy groups -OCH3 is 2. The minimum absolute atomic E-state index is 0.0877. The molecule has 2 aromatic rings. The van der Waals surface area contributed by atoms with Crippen molar-refractivity contribution in [2.24, 2.45) is 0 Å². The van der Waals surface area contributed by atoms with Crippen LogP contribution in [0.3, 0.4) is 0 Å².